The first-order chi connectivity index (χ1) is 8.61. The van der Waals surface area contributed by atoms with Gasteiger partial charge in [0.05, 0.1) is 6.04 Å². The molecule has 0 aromatic rings. The van der Waals surface area contributed by atoms with E-state index in [4.69, 9.17) is 5.73 Å². The van der Waals surface area contributed by atoms with Gasteiger partial charge in [-0.1, -0.05) is 18.9 Å². The maximum Gasteiger partial charge on any atom is 0.237 e. The minimum Gasteiger partial charge on any atom is -0.351 e. The molecule has 1 fully saturated rings. The van der Waals surface area contributed by atoms with Gasteiger partial charge in [-0.25, -0.2) is 0 Å². The zero-order valence-corrected chi connectivity index (χ0v) is 11.7. The van der Waals surface area contributed by atoms with Crippen molar-refractivity contribution in [1.29, 1.82) is 0 Å². The first kappa shape index (κ1) is 15.2. The Bertz CT molecular complexity index is 280. The summed E-state index contributed by atoms with van der Waals surface area (Å²) in [6.45, 7) is 6.81. The molecule has 1 aliphatic rings. The zero-order valence-electron chi connectivity index (χ0n) is 11.7. The molecule has 0 heterocycles. The van der Waals surface area contributed by atoms with Crippen LogP contribution in [-0.4, -0.2) is 43.0 Å². The fourth-order valence-corrected chi connectivity index (χ4v) is 2.79. The summed E-state index contributed by atoms with van der Waals surface area (Å²) in [6.07, 6.45) is 6.55. The van der Waals surface area contributed by atoms with E-state index in [2.05, 4.69) is 16.8 Å². The summed E-state index contributed by atoms with van der Waals surface area (Å²) < 4.78 is 0. The van der Waals surface area contributed by atoms with Crippen molar-refractivity contribution in [2.75, 3.05) is 20.1 Å². The molecule has 1 amide bonds. The highest BCUT2D eigenvalue weighted by Crippen LogP contribution is 2.28. The second-order valence-electron chi connectivity index (χ2n) is 5.22. The molecule has 3 N–H and O–H groups in total. The molecule has 0 spiro atoms. The largest absolute Gasteiger partial charge is 0.351 e. The van der Waals surface area contributed by atoms with E-state index in [9.17, 15) is 4.79 Å². The Kier molecular flexibility index (Phi) is 6.36. The molecule has 0 aliphatic heterocycles. The van der Waals surface area contributed by atoms with Crippen molar-refractivity contribution >= 4 is 5.91 Å². The van der Waals surface area contributed by atoms with E-state index < -0.39 is 0 Å². The Morgan fingerprint density at radius 3 is 2.83 bits per heavy atom. The fraction of sp³-hybridized carbons (Fsp3) is 0.786. The van der Waals surface area contributed by atoms with Gasteiger partial charge in [-0.2, -0.15) is 0 Å². The van der Waals surface area contributed by atoms with Crippen molar-refractivity contribution in [3.05, 3.63) is 12.7 Å². The van der Waals surface area contributed by atoms with Crippen molar-refractivity contribution in [3.63, 3.8) is 0 Å². The van der Waals surface area contributed by atoms with Crippen LogP contribution in [-0.2, 0) is 4.79 Å². The summed E-state index contributed by atoms with van der Waals surface area (Å²) in [6, 6.07) is 0.329. The summed E-state index contributed by atoms with van der Waals surface area (Å²) in [5.41, 5.74) is 5.85. The van der Waals surface area contributed by atoms with Gasteiger partial charge < -0.3 is 11.1 Å². The molecular weight excluding hydrogens is 226 g/mol. The van der Waals surface area contributed by atoms with Crippen LogP contribution in [0.25, 0.3) is 0 Å². The van der Waals surface area contributed by atoms with Gasteiger partial charge in [0.15, 0.2) is 0 Å². The van der Waals surface area contributed by atoms with E-state index in [1.165, 1.54) is 19.3 Å². The monoisotopic (exact) mass is 253 g/mol. The highest BCUT2D eigenvalue weighted by molar-refractivity contribution is 5.81. The lowest BCUT2D eigenvalue weighted by molar-refractivity contribution is -0.126. The Hall–Kier alpha value is -0.870. The fourth-order valence-electron chi connectivity index (χ4n) is 2.79. The van der Waals surface area contributed by atoms with Crippen LogP contribution in [0.4, 0.5) is 0 Å². The molecule has 4 heteroatoms. The quantitative estimate of drug-likeness (QED) is 0.698. The number of rotatable bonds is 6. The van der Waals surface area contributed by atoms with Crippen LogP contribution in [0.15, 0.2) is 12.7 Å². The highest BCUT2D eigenvalue weighted by atomic mass is 16.2. The van der Waals surface area contributed by atoms with Crippen LogP contribution in [0.1, 0.15) is 32.6 Å². The second-order valence-corrected chi connectivity index (χ2v) is 5.22. The SMILES string of the molecule is C=CCNC(=O)C(C)N(C)C1CCCCC1CN. The molecule has 3 unspecified atom stereocenters. The average Bonchev–Trinajstić information content (AvgIpc) is 2.42. The summed E-state index contributed by atoms with van der Waals surface area (Å²) >= 11 is 0. The molecule has 0 aromatic carbocycles. The average molecular weight is 253 g/mol. The van der Waals surface area contributed by atoms with Gasteiger partial charge in [0.1, 0.15) is 0 Å². The van der Waals surface area contributed by atoms with Crippen LogP contribution < -0.4 is 11.1 Å². The Morgan fingerprint density at radius 1 is 1.56 bits per heavy atom. The van der Waals surface area contributed by atoms with E-state index in [1.807, 2.05) is 14.0 Å². The number of nitrogens with one attached hydrogen (secondary N) is 1. The third-order valence-corrected chi connectivity index (χ3v) is 4.11. The maximum absolute atomic E-state index is 11.9. The molecule has 1 rings (SSSR count). The van der Waals surface area contributed by atoms with Crippen molar-refractivity contribution in [2.45, 2.75) is 44.7 Å². The van der Waals surface area contributed by atoms with Crippen molar-refractivity contribution in [2.24, 2.45) is 11.7 Å². The zero-order chi connectivity index (χ0) is 13.5. The predicted octanol–water partition coefficient (Wildman–Crippen LogP) is 1.13. The molecular formula is C14H27N3O. The molecule has 0 saturated heterocycles. The number of hydrogen-bond acceptors (Lipinski definition) is 3. The number of nitrogens with zero attached hydrogens (tertiary/aromatic N) is 1. The first-order valence-corrected chi connectivity index (χ1v) is 6.92. The van der Waals surface area contributed by atoms with E-state index in [0.717, 1.165) is 13.0 Å². The summed E-state index contributed by atoms with van der Waals surface area (Å²) in [5, 5.41) is 2.86. The predicted molar refractivity (Wildman–Crippen MR) is 75.2 cm³/mol. The standard InChI is InChI=1S/C14H27N3O/c1-4-9-16-14(18)11(2)17(3)13-8-6-5-7-12(13)10-15/h4,11-13H,1,5-10,15H2,2-3H3,(H,16,18). The molecule has 0 radical (unpaired) electrons. The molecule has 3 atom stereocenters. The van der Waals surface area contributed by atoms with E-state index >= 15 is 0 Å². The lowest BCUT2D eigenvalue weighted by Crippen LogP contribution is -2.52. The minimum absolute atomic E-state index is 0.0683. The second kappa shape index (κ2) is 7.54. The van der Waals surface area contributed by atoms with Crippen LogP contribution in [0, 0.1) is 5.92 Å². The summed E-state index contributed by atoms with van der Waals surface area (Å²) in [4.78, 5) is 14.1. The van der Waals surface area contributed by atoms with Gasteiger partial charge in [0.25, 0.3) is 0 Å². The van der Waals surface area contributed by atoms with E-state index in [1.54, 1.807) is 6.08 Å². The molecule has 4 nitrogen and oxygen atoms in total. The van der Waals surface area contributed by atoms with Gasteiger partial charge in [0, 0.05) is 12.6 Å². The number of amides is 1. The lowest BCUT2D eigenvalue weighted by atomic mass is 9.83. The van der Waals surface area contributed by atoms with Gasteiger partial charge >= 0.3 is 0 Å². The van der Waals surface area contributed by atoms with Crippen LogP contribution in [0.3, 0.4) is 0 Å². The lowest BCUT2D eigenvalue weighted by Gasteiger charge is -2.40. The number of carbonyl (C=O) groups is 1. The third-order valence-electron chi connectivity index (χ3n) is 4.11. The van der Waals surface area contributed by atoms with Crippen molar-refractivity contribution in [1.82, 2.24) is 10.2 Å². The Labute approximate surface area is 111 Å². The highest BCUT2D eigenvalue weighted by Gasteiger charge is 2.31. The molecule has 1 aliphatic carbocycles. The normalized spacial score (nSPS) is 25.8. The molecule has 0 bridgehead atoms. The topological polar surface area (TPSA) is 58.4 Å². The first-order valence-electron chi connectivity index (χ1n) is 6.92. The van der Waals surface area contributed by atoms with Gasteiger partial charge in [-0.3, -0.25) is 9.69 Å². The molecule has 1 saturated carbocycles. The van der Waals surface area contributed by atoms with Crippen LogP contribution in [0.5, 0.6) is 0 Å². The number of carbonyl (C=O) groups excluding carboxylic acids is 1. The van der Waals surface area contributed by atoms with Gasteiger partial charge in [-0.15, -0.1) is 6.58 Å². The van der Waals surface area contributed by atoms with Gasteiger partial charge in [0.2, 0.25) is 5.91 Å². The van der Waals surface area contributed by atoms with Crippen molar-refractivity contribution < 1.29 is 4.79 Å². The Morgan fingerprint density at radius 2 is 2.22 bits per heavy atom. The van der Waals surface area contributed by atoms with E-state index in [-0.39, 0.29) is 11.9 Å². The van der Waals surface area contributed by atoms with Crippen molar-refractivity contribution in [3.8, 4) is 0 Å². The molecule has 18 heavy (non-hydrogen) atoms. The third kappa shape index (κ3) is 3.82. The van der Waals surface area contributed by atoms with Gasteiger partial charge in [-0.05, 0) is 39.3 Å². The van der Waals surface area contributed by atoms with E-state index in [0.29, 0.717) is 18.5 Å². The Balaban J connectivity index is 2.57. The number of likely N-dealkylation sites (N-methyl/N-ethyl adjacent to an activating group) is 1. The summed E-state index contributed by atoms with van der Waals surface area (Å²) in [7, 11) is 2.04. The van der Waals surface area contributed by atoms with Crippen LogP contribution in [0.2, 0.25) is 0 Å². The molecule has 0 aromatic heterocycles. The molecule has 104 valence electrons. The smallest absolute Gasteiger partial charge is 0.237 e. The number of nitrogens with two attached hydrogens (primary N) is 1. The maximum atomic E-state index is 11.9. The minimum atomic E-state index is -0.109. The van der Waals surface area contributed by atoms with Crippen LogP contribution >= 0.6 is 0 Å². The summed E-state index contributed by atoms with van der Waals surface area (Å²) in [5.74, 6) is 0.595. The number of hydrogen-bond donors (Lipinski definition) is 2.